The minimum absolute atomic E-state index is 0.442. The van der Waals surface area contributed by atoms with Crippen LogP contribution in [0.4, 0.5) is 4.79 Å². The van der Waals surface area contributed by atoms with E-state index in [-0.39, 0.29) is 0 Å². The summed E-state index contributed by atoms with van der Waals surface area (Å²) in [6.45, 7) is 1.60. The molecule has 0 aromatic carbocycles. The number of urea groups is 1. The van der Waals surface area contributed by atoms with E-state index in [1.165, 1.54) is 11.9 Å². The van der Waals surface area contributed by atoms with E-state index in [1.807, 2.05) is 6.07 Å². The average molecular weight is 127 g/mol. The van der Waals surface area contributed by atoms with Crippen molar-refractivity contribution in [2.75, 3.05) is 7.05 Å². The molecule has 50 valence electrons. The number of hydrogen-bond donors (Lipinski definition) is 1. The molecule has 1 atom stereocenters. The molecule has 0 saturated heterocycles. The van der Waals surface area contributed by atoms with Gasteiger partial charge in [0.25, 0.3) is 0 Å². The first kappa shape index (κ1) is 7.76. The van der Waals surface area contributed by atoms with Crippen LogP contribution in [-0.4, -0.2) is 24.0 Å². The Bertz CT molecular complexity index is 149. The van der Waals surface area contributed by atoms with Crippen molar-refractivity contribution in [3.05, 3.63) is 0 Å². The maximum atomic E-state index is 10.3. The Morgan fingerprint density at radius 3 is 2.44 bits per heavy atom. The standard InChI is InChI=1S/C5H9N3O/c1-4(3-6)8(2)5(7)9/h4H,1-2H3,(H2,7,9). The number of amides is 2. The molecule has 0 aromatic heterocycles. The molecule has 4 nitrogen and oxygen atoms in total. The van der Waals surface area contributed by atoms with Gasteiger partial charge in [0.1, 0.15) is 6.04 Å². The topological polar surface area (TPSA) is 70.1 Å². The molecule has 0 bridgehead atoms. The van der Waals surface area contributed by atoms with Crippen molar-refractivity contribution in [3.63, 3.8) is 0 Å². The molecule has 0 fully saturated rings. The molecular weight excluding hydrogens is 118 g/mol. The molecule has 0 saturated carbocycles. The number of hydrogen-bond acceptors (Lipinski definition) is 2. The molecule has 0 aliphatic rings. The fourth-order valence-corrected chi connectivity index (χ4v) is 0.277. The highest BCUT2D eigenvalue weighted by molar-refractivity contribution is 5.72. The highest BCUT2D eigenvalue weighted by Gasteiger charge is 2.09. The van der Waals surface area contributed by atoms with E-state index in [0.29, 0.717) is 0 Å². The van der Waals surface area contributed by atoms with Crippen molar-refractivity contribution < 1.29 is 4.79 Å². The molecule has 2 amide bonds. The lowest BCUT2D eigenvalue weighted by molar-refractivity contribution is 0.213. The van der Waals surface area contributed by atoms with Gasteiger partial charge in [0.15, 0.2) is 0 Å². The molecule has 1 unspecified atom stereocenters. The van der Waals surface area contributed by atoms with Crippen LogP contribution in [0.25, 0.3) is 0 Å². The van der Waals surface area contributed by atoms with E-state index in [1.54, 1.807) is 6.92 Å². The first-order chi connectivity index (χ1) is 4.09. The van der Waals surface area contributed by atoms with Gasteiger partial charge in [0, 0.05) is 7.05 Å². The zero-order valence-electron chi connectivity index (χ0n) is 5.46. The number of nitrogens with two attached hydrogens (primary N) is 1. The fourth-order valence-electron chi connectivity index (χ4n) is 0.277. The second kappa shape index (κ2) is 2.92. The minimum Gasteiger partial charge on any atom is -0.351 e. The third-order valence-electron chi connectivity index (χ3n) is 1.12. The van der Waals surface area contributed by atoms with Crippen molar-refractivity contribution in [1.82, 2.24) is 4.90 Å². The fraction of sp³-hybridized carbons (Fsp3) is 0.600. The monoisotopic (exact) mass is 127 g/mol. The van der Waals surface area contributed by atoms with Crippen LogP contribution in [0.5, 0.6) is 0 Å². The van der Waals surface area contributed by atoms with Crippen molar-refractivity contribution in [3.8, 4) is 6.07 Å². The number of carbonyl (C=O) groups excluding carboxylic acids is 1. The van der Waals surface area contributed by atoms with Crippen LogP contribution in [0.15, 0.2) is 0 Å². The number of carbonyl (C=O) groups is 1. The lowest BCUT2D eigenvalue weighted by Gasteiger charge is -2.15. The second-order valence-electron chi connectivity index (χ2n) is 1.75. The van der Waals surface area contributed by atoms with Crippen molar-refractivity contribution in [1.29, 1.82) is 5.26 Å². The van der Waals surface area contributed by atoms with Crippen molar-refractivity contribution in [2.24, 2.45) is 5.73 Å². The third-order valence-corrected chi connectivity index (χ3v) is 1.12. The number of nitriles is 1. The largest absolute Gasteiger partial charge is 0.351 e. The first-order valence-corrected chi connectivity index (χ1v) is 2.51. The van der Waals surface area contributed by atoms with Crippen LogP contribution in [-0.2, 0) is 0 Å². The van der Waals surface area contributed by atoms with Crippen molar-refractivity contribution in [2.45, 2.75) is 13.0 Å². The smallest absolute Gasteiger partial charge is 0.315 e. The van der Waals surface area contributed by atoms with Crippen LogP contribution < -0.4 is 5.73 Å². The van der Waals surface area contributed by atoms with Gasteiger partial charge in [-0.05, 0) is 6.92 Å². The van der Waals surface area contributed by atoms with Crippen LogP contribution in [0, 0.1) is 11.3 Å². The van der Waals surface area contributed by atoms with Gasteiger partial charge in [-0.3, -0.25) is 0 Å². The van der Waals surface area contributed by atoms with Gasteiger partial charge in [-0.2, -0.15) is 5.26 Å². The SMILES string of the molecule is CC(C#N)N(C)C(N)=O. The maximum Gasteiger partial charge on any atom is 0.315 e. The van der Waals surface area contributed by atoms with E-state index in [9.17, 15) is 4.79 Å². The van der Waals surface area contributed by atoms with Gasteiger partial charge in [-0.1, -0.05) is 0 Å². The number of primary amides is 1. The third kappa shape index (κ3) is 2.00. The number of rotatable bonds is 1. The molecule has 0 aromatic rings. The van der Waals surface area contributed by atoms with Crippen LogP contribution in [0.1, 0.15) is 6.92 Å². The van der Waals surface area contributed by atoms with E-state index in [0.717, 1.165) is 0 Å². The predicted molar refractivity (Wildman–Crippen MR) is 32.4 cm³/mol. The molecule has 9 heavy (non-hydrogen) atoms. The Morgan fingerprint density at radius 2 is 2.33 bits per heavy atom. The summed E-state index contributed by atoms with van der Waals surface area (Å²) in [6, 6.07) is 0.849. The Morgan fingerprint density at radius 1 is 1.89 bits per heavy atom. The Kier molecular flexibility index (Phi) is 2.52. The van der Waals surface area contributed by atoms with Gasteiger partial charge >= 0.3 is 6.03 Å². The molecular formula is C5H9N3O. The Labute approximate surface area is 53.9 Å². The summed E-state index contributed by atoms with van der Waals surface area (Å²) in [6.07, 6.45) is 0. The molecule has 0 heterocycles. The summed E-state index contributed by atoms with van der Waals surface area (Å²) < 4.78 is 0. The zero-order valence-corrected chi connectivity index (χ0v) is 5.46. The van der Waals surface area contributed by atoms with Crippen LogP contribution >= 0.6 is 0 Å². The van der Waals surface area contributed by atoms with Gasteiger partial charge in [0.2, 0.25) is 0 Å². The van der Waals surface area contributed by atoms with E-state index >= 15 is 0 Å². The molecule has 0 aliphatic carbocycles. The Hall–Kier alpha value is -1.24. The molecule has 0 aliphatic heterocycles. The normalized spacial score (nSPS) is 11.7. The summed E-state index contributed by atoms with van der Waals surface area (Å²) in [5, 5.41) is 8.25. The summed E-state index contributed by atoms with van der Waals surface area (Å²) in [4.78, 5) is 11.5. The minimum atomic E-state index is -0.580. The Balaban J connectivity index is 3.91. The molecule has 2 N–H and O–H groups in total. The van der Waals surface area contributed by atoms with Crippen molar-refractivity contribution >= 4 is 6.03 Å². The quantitative estimate of drug-likeness (QED) is 0.534. The summed E-state index contributed by atoms with van der Waals surface area (Å²) in [5.74, 6) is 0. The molecule has 0 rings (SSSR count). The van der Waals surface area contributed by atoms with E-state index in [2.05, 4.69) is 0 Å². The van der Waals surface area contributed by atoms with Gasteiger partial charge in [-0.25, -0.2) is 4.79 Å². The molecule has 0 spiro atoms. The molecule has 4 heteroatoms. The highest BCUT2D eigenvalue weighted by Crippen LogP contribution is 1.90. The highest BCUT2D eigenvalue weighted by atomic mass is 16.2. The summed E-state index contributed by atoms with van der Waals surface area (Å²) >= 11 is 0. The van der Waals surface area contributed by atoms with Gasteiger partial charge in [-0.15, -0.1) is 0 Å². The van der Waals surface area contributed by atoms with Gasteiger partial charge < -0.3 is 10.6 Å². The van der Waals surface area contributed by atoms with Crippen LogP contribution in [0.2, 0.25) is 0 Å². The summed E-state index contributed by atoms with van der Waals surface area (Å²) in [7, 11) is 1.48. The lowest BCUT2D eigenvalue weighted by atomic mass is 10.3. The van der Waals surface area contributed by atoms with Crippen LogP contribution in [0.3, 0.4) is 0 Å². The summed E-state index contributed by atoms with van der Waals surface area (Å²) in [5.41, 5.74) is 4.85. The second-order valence-corrected chi connectivity index (χ2v) is 1.75. The number of nitrogens with zero attached hydrogens (tertiary/aromatic N) is 2. The van der Waals surface area contributed by atoms with Gasteiger partial charge in [0.05, 0.1) is 6.07 Å². The molecule has 0 radical (unpaired) electrons. The average Bonchev–Trinajstić information content (AvgIpc) is 1.84. The van der Waals surface area contributed by atoms with E-state index in [4.69, 9.17) is 11.0 Å². The van der Waals surface area contributed by atoms with E-state index < -0.39 is 12.1 Å². The first-order valence-electron chi connectivity index (χ1n) is 2.51. The maximum absolute atomic E-state index is 10.3. The predicted octanol–water partition coefficient (Wildman–Crippen LogP) is -0.0910. The zero-order chi connectivity index (χ0) is 7.44. The lowest BCUT2D eigenvalue weighted by Crippen LogP contribution is -2.37.